The van der Waals surface area contributed by atoms with Crippen LogP contribution in [0.2, 0.25) is 0 Å². The number of aromatic nitrogens is 2. The molecule has 2 rings (SSSR count). The maximum atomic E-state index is 11.0. The number of hydrogen-bond donors (Lipinski definition) is 1. The van der Waals surface area contributed by atoms with Gasteiger partial charge in [0, 0.05) is 13.5 Å². The largest absolute Gasteiger partial charge is 0.389 e. The van der Waals surface area contributed by atoms with Gasteiger partial charge in [0.05, 0.1) is 21.5 Å². The summed E-state index contributed by atoms with van der Waals surface area (Å²) in [5, 5.41) is 15.5. The number of nitrogens with zero attached hydrogens (tertiary/aromatic N) is 2. The first kappa shape index (κ1) is 16.0. The van der Waals surface area contributed by atoms with Crippen LogP contribution in [0.25, 0.3) is 0 Å². The minimum absolute atomic E-state index is 0.364. The van der Waals surface area contributed by atoms with Gasteiger partial charge in [0.25, 0.3) is 0 Å². The Morgan fingerprint density at radius 2 is 1.95 bits per heavy atom. The molecule has 1 aliphatic carbocycles. The third kappa shape index (κ3) is 3.45. The number of hydrogen-bond acceptors (Lipinski definition) is 2. The predicted octanol–water partition coefficient (Wildman–Crippen LogP) is 4.01. The van der Waals surface area contributed by atoms with Crippen molar-refractivity contribution in [2.45, 2.75) is 71.3 Å². The minimum atomic E-state index is -0.574. The molecule has 114 valence electrons. The average molecular weight is 343 g/mol. The van der Waals surface area contributed by atoms with Crippen LogP contribution in [-0.4, -0.2) is 20.5 Å². The van der Waals surface area contributed by atoms with Crippen molar-refractivity contribution in [3.63, 3.8) is 0 Å². The maximum Gasteiger partial charge on any atom is 0.0766 e. The summed E-state index contributed by atoms with van der Waals surface area (Å²) in [7, 11) is 1.98. The molecule has 4 heteroatoms. The van der Waals surface area contributed by atoms with Crippen LogP contribution >= 0.6 is 15.9 Å². The minimum Gasteiger partial charge on any atom is -0.389 e. The van der Waals surface area contributed by atoms with Gasteiger partial charge in [-0.2, -0.15) is 5.10 Å². The zero-order valence-corrected chi connectivity index (χ0v) is 14.8. The first-order valence-electron chi connectivity index (χ1n) is 7.69. The van der Waals surface area contributed by atoms with Gasteiger partial charge < -0.3 is 5.11 Å². The van der Waals surface area contributed by atoms with Crippen LogP contribution in [-0.2, 0) is 19.9 Å². The highest BCUT2D eigenvalue weighted by Crippen LogP contribution is 2.40. The molecule has 0 aromatic carbocycles. The molecule has 0 amide bonds. The Hall–Kier alpha value is -0.350. The molecule has 0 bridgehead atoms. The number of rotatable bonds is 3. The van der Waals surface area contributed by atoms with E-state index in [-0.39, 0.29) is 0 Å². The molecule has 20 heavy (non-hydrogen) atoms. The summed E-state index contributed by atoms with van der Waals surface area (Å²) in [6, 6.07) is 0. The summed E-state index contributed by atoms with van der Waals surface area (Å²) < 4.78 is 3.01. The van der Waals surface area contributed by atoms with E-state index >= 15 is 0 Å². The zero-order chi connectivity index (χ0) is 15.0. The zero-order valence-electron chi connectivity index (χ0n) is 13.2. The SMILES string of the molecule is CCc1nn(C)c(CC2(O)CCCC(C)(C)CC2)c1Br. The van der Waals surface area contributed by atoms with Crippen LogP contribution in [0, 0.1) is 5.41 Å². The van der Waals surface area contributed by atoms with E-state index in [0.717, 1.165) is 48.0 Å². The van der Waals surface area contributed by atoms with Crippen molar-refractivity contribution >= 4 is 15.9 Å². The van der Waals surface area contributed by atoms with Gasteiger partial charge in [-0.15, -0.1) is 0 Å². The highest BCUT2D eigenvalue weighted by molar-refractivity contribution is 9.10. The molecule has 1 aromatic heterocycles. The fourth-order valence-electron chi connectivity index (χ4n) is 3.22. The lowest BCUT2D eigenvalue weighted by atomic mass is 9.83. The fraction of sp³-hybridized carbons (Fsp3) is 0.812. The Bertz CT molecular complexity index is 481. The molecule has 0 saturated heterocycles. The smallest absolute Gasteiger partial charge is 0.0766 e. The topological polar surface area (TPSA) is 38.0 Å². The molecule has 1 fully saturated rings. The van der Waals surface area contributed by atoms with Crippen LogP contribution in [0.1, 0.15) is 64.3 Å². The molecule has 1 heterocycles. The highest BCUT2D eigenvalue weighted by atomic mass is 79.9. The Morgan fingerprint density at radius 1 is 1.25 bits per heavy atom. The van der Waals surface area contributed by atoms with E-state index in [2.05, 4.69) is 41.8 Å². The summed E-state index contributed by atoms with van der Waals surface area (Å²) >= 11 is 3.66. The summed E-state index contributed by atoms with van der Waals surface area (Å²) in [6.45, 7) is 6.74. The maximum absolute atomic E-state index is 11.0. The third-order valence-electron chi connectivity index (χ3n) is 4.76. The standard InChI is InChI=1S/C16H27BrN2O/c1-5-12-14(17)13(19(4)18-12)11-16(20)8-6-7-15(2,3)9-10-16/h20H,5-11H2,1-4H3. The van der Waals surface area contributed by atoms with Gasteiger partial charge in [0.15, 0.2) is 0 Å². The van der Waals surface area contributed by atoms with Crippen LogP contribution in [0.15, 0.2) is 4.47 Å². The quantitative estimate of drug-likeness (QED) is 0.842. The van der Waals surface area contributed by atoms with E-state index in [1.54, 1.807) is 0 Å². The first-order valence-corrected chi connectivity index (χ1v) is 8.48. The summed E-state index contributed by atoms with van der Waals surface area (Å²) in [4.78, 5) is 0. The van der Waals surface area contributed by atoms with Crippen molar-refractivity contribution in [1.29, 1.82) is 0 Å². The molecule has 0 radical (unpaired) electrons. The third-order valence-corrected chi connectivity index (χ3v) is 5.68. The van der Waals surface area contributed by atoms with E-state index in [0.29, 0.717) is 11.8 Å². The van der Waals surface area contributed by atoms with Crippen LogP contribution in [0.4, 0.5) is 0 Å². The van der Waals surface area contributed by atoms with Crippen molar-refractivity contribution in [1.82, 2.24) is 9.78 Å². The number of halogens is 1. The van der Waals surface area contributed by atoms with Gasteiger partial charge in [-0.05, 0) is 53.4 Å². The van der Waals surface area contributed by atoms with Crippen molar-refractivity contribution in [2.75, 3.05) is 0 Å². The normalized spacial score (nSPS) is 26.5. The Kier molecular flexibility index (Phi) is 4.65. The second-order valence-electron chi connectivity index (χ2n) is 7.10. The van der Waals surface area contributed by atoms with E-state index in [1.807, 2.05) is 11.7 Å². The number of aliphatic hydroxyl groups is 1. The summed E-state index contributed by atoms with van der Waals surface area (Å²) in [5.74, 6) is 0. The van der Waals surface area contributed by atoms with Gasteiger partial charge in [-0.1, -0.05) is 27.2 Å². The molecule has 1 saturated carbocycles. The molecular formula is C16H27BrN2O. The second-order valence-corrected chi connectivity index (χ2v) is 7.90. The molecule has 3 nitrogen and oxygen atoms in total. The van der Waals surface area contributed by atoms with Crippen molar-refractivity contribution in [2.24, 2.45) is 12.5 Å². The van der Waals surface area contributed by atoms with Crippen molar-refractivity contribution in [3.8, 4) is 0 Å². The average Bonchev–Trinajstić information content (AvgIpc) is 2.54. The lowest BCUT2D eigenvalue weighted by Crippen LogP contribution is -2.32. The number of aryl methyl sites for hydroxylation is 2. The molecule has 1 atom stereocenters. The van der Waals surface area contributed by atoms with E-state index < -0.39 is 5.60 Å². The molecular weight excluding hydrogens is 316 g/mol. The van der Waals surface area contributed by atoms with Crippen LogP contribution < -0.4 is 0 Å². The van der Waals surface area contributed by atoms with Gasteiger partial charge in [0.2, 0.25) is 0 Å². The Morgan fingerprint density at radius 3 is 2.55 bits per heavy atom. The lowest BCUT2D eigenvalue weighted by molar-refractivity contribution is 0.0207. The highest BCUT2D eigenvalue weighted by Gasteiger charge is 2.35. The summed E-state index contributed by atoms with van der Waals surface area (Å²) in [5.41, 5.74) is 2.00. The van der Waals surface area contributed by atoms with Gasteiger partial charge in [0.1, 0.15) is 0 Å². The molecule has 1 N–H and O–H groups in total. The first-order chi connectivity index (χ1) is 9.26. The Balaban J connectivity index is 2.18. The predicted molar refractivity (Wildman–Crippen MR) is 85.8 cm³/mol. The molecule has 1 aromatic rings. The van der Waals surface area contributed by atoms with Gasteiger partial charge >= 0.3 is 0 Å². The second kappa shape index (κ2) is 5.80. The fourth-order valence-corrected chi connectivity index (χ4v) is 3.97. The molecule has 1 aliphatic rings. The molecule has 1 unspecified atom stereocenters. The van der Waals surface area contributed by atoms with E-state index in [1.165, 1.54) is 6.42 Å². The summed E-state index contributed by atoms with van der Waals surface area (Å²) in [6.07, 6.45) is 6.82. The van der Waals surface area contributed by atoms with Crippen molar-refractivity contribution in [3.05, 3.63) is 15.9 Å². The lowest BCUT2D eigenvalue weighted by Gasteiger charge is -2.28. The molecule has 0 aliphatic heterocycles. The van der Waals surface area contributed by atoms with Gasteiger partial charge in [-0.3, -0.25) is 4.68 Å². The van der Waals surface area contributed by atoms with Gasteiger partial charge in [-0.25, -0.2) is 0 Å². The molecule has 0 spiro atoms. The van der Waals surface area contributed by atoms with E-state index in [9.17, 15) is 5.11 Å². The Labute approximate surface area is 130 Å². The monoisotopic (exact) mass is 342 g/mol. The van der Waals surface area contributed by atoms with Crippen LogP contribution in [0.5, 0.6) is 0 Å². The van der Waals surface area contributed by atoms with Crippen molar-refractivity contribution < 1.29 is 5.11 Å². The van der Waals surface area contributed by atoms with Crippen LogP contribution in [0.3, 0.4) is 0 Å². The van der Waals surface area contributed by atoms with E-state index in [4.69, 9.17) is 0 Å².